The van der Waals surface area contributed by atoms with Crippen LogP contribution in [0.15, 0.2) is 34.7 Å². The van der Waals surface area contributed by atoms with E-state index in [-0.39, 0.29) is 26.2 Å². The van der Waals surface area contributed by atoms with Crippen molar-refractivity contribution in [1.82, 2.24) is 9.13 Å². The smallest absolute Gasteiger partial charge is 0.322 e. The van der Waals surface area contributed by atoms with E-state index in [1.54, 1.807) is 0 Å². The predicted molar refractivity (Wildman–Crippen MR) is 147 cm³/mol. The molecule has 0 N–H and O–H groups in total. The first-order valence-corrected chi connectivity index (χ1v) is 19.3. The van der Waals surface area contributed by atoms with Crippen molar-refractivity contribution in [2.75, 3.05) is 26.2 Å². The molecule has 2 saturated heterocycles. The number of allylic oxidation sites excluding steroid dienone is 8. The van der Waals surface area contributed by atoms with Gasteiger partial charge < -0.3 is 9.13 Å². The Morgan fingerprint density at radius 2 is 0.970 bits per heavy atom. The van der Waals surface area contributed by atoms with Crippen molar-refractivity contribution in [2.45, 2.75) is 104 Å². The van der Waals surface area contributed by atoms with E-state index in [1.165, 1.54) is 87.9 Å². The summed E-state index contributed by atoms with van der Waals surface area (Å²) >= 11 is 0. The van der Waals surface area contributed by atoms with Crippen LogP contribution >= 0.6 is 0 Å². The number of nitrogens with zero attached hydrogens (tertiary/aromatic N) is 2. The van der Waals surface area contributed by atoms with Gasteiger partial charge in [-0.25, -0.2) is 22.5 Å². The van der Waals surface area contributed by atoms with Crippen molar-refractivity contribution in [2.24, 2.45) is 0 Å². The van der Waals surface area contributed by atoms with Gasteiger partial charge in [0.25, 0.3) is 0 Å². The molecule has 0 aromatic carbocycles. The standard InChI is InChI=1S/2C12H20NSi.C4H10.Zr/c2*1-14(2,12-8-4-5-9-12)13-10-6-3-7-11-13;1-3-4-2;/h2*4,8H,3,5-7,10-11H2,1-2H3;3-4H2,1-2H3;/q2*-1;;+2. The molecule has 0 radical (unpaired) electrons. The minimum atomic E-state index is -1.32. The van der Waals surface area contributed by atoms with Crippen LogP contribution in [0.1, 0.15) is 78.1 Å². The Kier molecular flexibility index (Phi) is 15.2. The predicted octanol–water partition coefficient (Wildman–Crippen LogP) is 7.62. The first-order chi connectivity index (χ1) is 15.3. The molecule has 4 aliphatic rings. The van der Waals surface area contributed by atoms with Crippen LogP contribution in [-0.4, -0.2) is 51.8 Å². The van der Waals surface area contributed by atoms with E-state index in [1.807, 2.05) is 0 Å². The van der Waals surface area contributed by atoms with E-state index in [4.69, 9.17) is 0 Å². The van der Waals surface area contributed by atoms with E-state index < -0.39 is 16.5 Å². The summed E-state index contributed by atoms with van der Waals surface area (Å²) in [6.07, 6.45) is 29.3. The number of unbranched alkanes of at least 4 members (excludes halogenated alkanes) is 1. The Balaban J connectivity index is 0.000000278. The SMILES string of the molecule is CCCC.C[Si](C)(C1=[C-]CC=C1)N1CCCCC1.C[Si](C)(C1=[C-]CC=C1)N1CCCCC1.[Zr+2]. The monoisotopic (exact) mass is 560 g/mol. The van der Waals surface area contributed by atoms with Crippen LogP contribution in [-0.2, 0) is 26.2 Å². The summed E-state index contributed by atoms with van der Waals surface area (Å²) in [7, 11) is -2.63. The summed E-state index contributed by atoms with van der Waals surface area (Å²) in [5.74, 6) is 0. The summed E-state index contributed by atoms with van der Waals surface area (Å²) in [6.45, 7) is 19.5. The molecular formula is C28H50N2Si2Zr. The van der Waals surface area contributed by atoms with Crippen molar-refractivity contribution >= 4 is 16.5 Å². The van der Waals surface area contributed by atoms with Gasteiger partial charge in [-0.2, -0.15) is 12.2 Å². The fourth-order valence-corrected chi connectivity index (χ4v) is 10.6. The minimum absolute atomic E-state index is 0. The van der Waals surface area contributed by atoms with E-state index in [0.29, 0.717) is 0 Å². The third-order valence-corrected chi connectivity index (χ3v) is 14.9. The molecule has 2 aliphatic heterocycles. The van der Waals surface area contributed by atoms with Gasteiger partial charge in [-0.3, -0.25) is 12.2 Å². The Hall–Kier alpha value is 0.197. The van der Waals surface area contributed by atoms with Gasteiger partial charge in [0.15, 0.2) is 0 Å². The van der Waals surface area contributed by atoms with Gasteiger partial charge in [-0.05, 0) is 51.9 Å². The second kappa shape index (κ2) is 16.0. The normalized spacial score (nSPS) is 21.3. The molecule has 2 nitrogen and oxygen atoms in total. The molecule has 0 saturated carbocycles. The summed E-state index contributed by atoms with van der Waals surface area (Å²) < 4.78 is 5.49. The van der Waals surface area contributed by atoms with Crippen LogP contribution in [0.2, 0.25) is 26.2 Å². The van der Waals surface area contributed by atoms with E-state index in [2.05, 4.69) is 85.6 Å². The van der Waals surface area contributed by atoms with Gasteiger partial charge in [-0.1, -0.05) is 65.7 Å². The Morgan fingerprint density at radius 3 is 1.21 bits per heavy atom. The molecule has 4 rings (SSSR count). The molecule has 5 heteroatoms. The second-order valence-corrected chi connectivity index (χ2v) is 19.2. The van der Waals surface area contributed by atoms with Crippen LogP contribution in [0.25, 0.3) is 0 Å². The zero-order valence-electron chi connectivity index (χ0n) is 22.6. The van der Waals surface area contributed by atoms with Crippen molar-refractivity contribution in [3.63, 3.8) is 0 Å². The molecule has 2 fully saturated rings. The van der Waals surface area contributed by atoms with Crippen LogP contribution < -0.4 is 0 Å². The zero-order chi connectivity index (χ0) is 23.5. The quantitative estimate of drug-likeness (QED) is 0.252. The molecule has 0 atom stereocenters. The third kappa shape index (κ3) is 9.64. The molecule has 33 heavy (non-hydrogen) atoms. The Morgan fingerprint density at radius 1 is 0.636 bits per heavy atom. The molecule has 0 amide bonds. The first-order valence-electron chi connectivity index (χ1n) is 13.4. The second-order valence-electron chi connectivity index (χ2n) is 10.6. The van der Waals surface area contributed by atoms with Crippen molar-refractivity contribution in [3.8, 4) is 0 Å². The number of hydrogen-bond acceptors (Lipinski definition) is 2. The maximum absolute atomic E-state index is 3.52. The molecule has 0 aromatic rings. The fourth-order valence-electron chi connectivity index (χ4n) is 4.90. The summed E-state index contributed by atoms with van der Waals surface area (Å²) in [5, 5.41) is 3.05. The van der Waals surface area contributed by atoms with Gasteiger partial charge in [0.1, 0.15) is 16.5 Å². The average Bonchev–Trinajstić information content (AvgIpc) is 3.56. The first kappa shape index (κ1) is 31.2. The molecule has 0 unspecified atom stereocenters. The van der Waals surface area contributed by atoms with Crippen LogP contribution in [0.5, 0.6) is 0 Å². The average molecular weight is 562 g/mol. The molecule has 2 heterocycles. The largest absolute Gasteiger partial charge is 2.00 e. The van der Waals surface area contributed by atoms with Crippen LogP contribution in [0.4, 0.5) is 0 Å². The van der Waals surface area contributed by atoms with Gasteiger partial charge in [0.05, 0.1) is 0 Å². The van der Waals surface area contributed by atoms with Crippen molar-refractivity contribution in [3.05, 3.63) is 46.8 Å². The van der Waals surface area contributed by atoms with Crippen LogP contribution in [0, 0.1) is 12.2 Å². The van der Waals surface area contributed by atoms with Gasteiger partial charge in [0.2, 0.25) is 0 Å². The third-order valence-electron chi connectivity index (χ3n) is 7.50. The van der Waals surface area contributed by atoms with Gasteiger partial charge >= 0.3 is 26.2 Å². The molecular weight excluding hydrogens is 512 g/mol. The molecule has 0 bridgehead atoms. The number of hydrogen-bond donors (Lipinski definition) is 0. The number of rotatable bonds is 5. The van der Waals surface area contributed by atoms with E-state index in [0.717, 1.165) is 12.8 Å². The topological polar surface area (TPSA) is 6.48 Å². The van der Waals surface area contributed by atoms with Gasteiger partial charge in [-0.15, -0.1) is 12.8 Å². The molecule has 2 aliphatic carbocycles. The maximum Gasteiger partial charge on any atom is 2.00 e. The van der Waals surface area contributed by atoms with Crippen molar-refractivity contribution < 1.29 is 26.2 Å². The Labute approximate surface area is 228 Å². The summed E-state index contributed by atoms with van der Waals surface area (Å²) in [4.78, 5) is 0. The molecule has 0 spiro atoms. The van der Waals surface area contributed by atoms with E-state index in [9.17, 15) is 0 Å². The van der Waals surface area contributed by atoms with Crippen LogP contribution in [0.3, 0.4) is 0 Å². The molecule has 184 valence electrons. The van der Waals surface area contributed by atoms with Gasteiger partial charge in [0, 0.05) is 0 Å². The number of piperidine rings is 2. The molecule has 0 aromatic heterocycles. The fraction of sp³-hybridized carbons (Fsp3) is 0.714. The minimum Gasteiger partial charge on any atom is -0.322 e. The summed E-state index contributed by atoms with van der Waals surface area (Å²) in [5.41, 5.74) is 0. The van der Waals surface area contributed by atoms with Crippen molar-refractivity contribution in [1.29, 1.82) is 0 Å². The summed E-state index contributed by atoms with van der Waals surface area (Å²) in [6, 6.07) is 0. The maximum atomic E-state index is 3.52. The Bertz CT molecular complexity index is 609. The van der Waals surface area contributed by atoms with E-state index >= 15 is 0 Å². The zero-order valence-corrected chi connectivity index (χ0v) is 27.1.